The van der Waals surface area contributed by atoms with E-state index in [0.29, 0.717) is 24.9 Å². The molecule has 0 fully saturated rings. The third-order valence-corrected chi connectivity index (χ3v) is 4.65. The molecule has 2 aromatic carbocycles. The van der Waals surface area contributed by atoms with Gasteiger partial charge in [0.15, 0.2) is 5.96 Å². The van der Waals surface area contributed by atoms with Crippen LogP contribution in [0.2, 0.25) is 0 Å². The van der Waals surface area contributed by atoms with Gasteiger partial charge >= 0.3 is 0 Å². The van der Waals surface area contributed by atoms with Gasteiger partial charge in [0.2, 0.25) is 5.89 Å². The molecule has 2 N–H and O–H groups in total. The predicted octanol–water partition coefficient (Wildman–Crippen LogP) is 4.32. The van der Waals surface area contributed by atoms with Crippen LogP contribution in [0.25, 0.3) is 17.1 Å². The van der Waals surface area contributed by atoms with Crippen LogP contribution in [0.3, 0.4) is 0 Å². The van der Waals surface area contributed by atoms with Crippen molar-refractivity contribution in [1.29, 1.82) is 0 Å². The number of nitrogens with zero attached hydrogens (tertiary/aromatic N) is 4. The molecular formula is C23H25IN6O. The summed E-state index contributed by atoms with van der Waals surface area (Å²) in [6, 6.07) is 18.2. The van der Waals surface area contributed by atoms with Crippen LogP contribution in [0.4, 0.5) is 0 Å². The lowest BCUT2D eigenvalue weighted by Crippen LogP contribution is -2.36. The number of benzene rings is 2. The van der Waals surface area contributed by atoms with Gasteiger partial charge in [0.25, 0.3) is 0 Å². The molecule has 8 heteroatoms. The number of aromatic nitrogens is 3. The van der Waals surface area contributed by atoms with Crippen molar-refractivity contribution in [3.8, 4) is 17.1 Å². The molecule has 0 amide bonds. The lowest BCUT2D eigenvalue weighted by molar-refractivity contribution is 0.572. The molecule has 0 aliphatic heterocycles. The number of aliphatic imine (C=N–C) groups is 1. The first-order valence-corrected chi connectivity index (χ1v) is 9.76. The molecule has 0 bridgehead atoms. The Bertz CT molecular complexity index is 1120. The highest BCUT2D eigenvalue weighted by atomic mass is 127. The summed E-state index contributed by atoms with van der Waals surface area (Å²) in [5.41, 5.74) is 5.14. The fraction of sp³-hybridized carbons (Fsp3) is 0.174. The zero-order chi connectivity index (χ0) is 20.8. The van der Waals surface area contributed by atoms with Crippen molar-refractivity contribution in [2.75, 3.05) is 7.05 Å². The normalized spacial score (nSPS) is 11.1. The average Bonchev–Trinajstić information content (AvgIpc) is 3.47. The Labute approximate surface area is 198 Å². The molecule has 0 aliphatic carbocycles. The van der Waals surface area contributed by atoms with Crippen LogP contribution >= 0.6 is 24.0 Å². The van der Waals surface area contributed by atoms with Crippen LogP contribution in [0.1, 0.15) is 16.8 Å². The minimum absolute atomic E-state index is 0. The van der Waals surface area contributed by atoms with E-state index in [-0.39, 0.29) is 24.0 Å². The second-order valence-electron chi connectivity index (χ2n) is 6.91. The molecule has 160 valence electrons. The van der Waals surface area contributed by atoms with Crippen LogP contribution in [0.5, 0.6) is 0 Å². The maximum Gasteiger partial charge on any atom is 0.226 e. The van der Waals surface area contributed by atoms with E-state index in [1.54, 1.807) is 19.5 Å². The average molecular weight is 528 g/mol. The topological polar surface area (TPSA) is 80.3 Å². The Morgan fingerprint density at radius 2 is 1.87 bits per heavy atom. The number of guanidine groups is 1. The number of halogens is 1. The molecule has 0 atom stereocenters. The SMILES string of the molecule is CN=C(NCc1cccc(-n2cccn2)c1)NCc1coc(-c2ccc(C)cc2)n1.I. The van der Waals surface area contributed by atoms with Crippen molar-refractivity contribution in [3.05, 3.63) is 90.1 Å². The van der Waals surface area contributed by atoms with Gasteiger partial charge in [0.05, 0.1) is 17.9 Å². The molecule has 0 saturated heterocycles. The molecular weight excluding hydrogens is 503 g/mol. The second-order valence-corrected chi connectivity index (χ2v) is 6.91. The van der Waals surface area contributed by atoms with Gasteiger partial charge in [-0.15, -0.1) is 24.0 Å². The van der Waals surface area contributed by atoms with E-state index in [2.05, 4.69) is 44.8 Å². The van der Waals surface area contributed by atoms with Gasteiger partial charge in [-0.25, -0.2) is 9.67 Å². The summed E-state index contributed by atoms with van der Waals surface area (Å²) in [5, 5.41) is 10.9. The van der Waals surface area contributed by atoms with Gasteiger partial charge < -0.3 is 15.1 Å². The van der Waals surface area contributed by atoms with E-state index in [1.165, 1.54) is 5.56 Å². The zero-order valence-corrected chi connectivity index (χ0v) is 19.8. The van der Waals surface area contributed by atoms with E-state index < -0.39 is 0 Å². The lowest BCUT2D eigenvalue weighted by Gasteiger charge is -2.11. The molecule has 4 rings (SSSR count). The monoisotopic (exact) mass is 528 g/mol. The molecule has 2 aromatic heterocycles. The lowest BCUT2D eigenvalue weighted by atomic mass is 10.1. The van der Waals surface area contributed by atoms with Gasteiger partial charge in [0.1, 0.15) is 6.26 Å². The van der Waals surface area contributed by atoms with Crippen LogP contribution in [-0.2, 0) is 13.1 Å². The molecule has 0 radical (unpaired) electrons. The van der Waals surface area contributed by atoms with Crippen molar-refractivity contribution < 1.29 is 4.42 Å². The summed E-state index contributed by atoms with van der Waals surface area (Å²) in [7, 11) is 1.75. The molecule has 0 saturated carbocycles. The minimum Gasteiger partial charge on any atom is -0.444 e. The largest absolute Gasteiger partial charge is 0.444 e. The first kappa shape index (κ1) is 22.5. The van der Waals surface area contributed by atoms with Gasteiger partial charge in [-0.1, -0.05) is 29.8 Å². The van der Waals surface area contributed by atoms with Gasteiger partial charge in [-0.3, -0.25) is 4.99 Å². The number of aryl methyl sites for hydroxylation is 1. The summed E-state index contributed by atoms with van der Waals surface area (Å²) < 4.78 is 7.45. The third kappa shape index (κ3) is 5.94. The molecule has 4 aromatic rings. The number of rotatable bonds is 6. The number of nitrogens with one attached hydrogen (secondary N) is 2. The second kappa shape index (κ2) is 10.8. The van der Waals surface area contributed by atoms with Crippen LogP contribution < -0.4 is 10.6 Å². The van der Waals surface area contributed by atoms with Crippen molar-refractivity contribution in [3.63, 3.8) is 0 Å². The van der Waals surface area contributed by atoms with E-state index in [9.17, 15) is 0 Å². The van der Waals surface area contributed by atoms with E-state index >= 15 is 0 Å². The van der Waals surface area contributed by atoms with Crippen LogP contribution in [0.15, 0.2) is 82.7 Å². The van der Waals surface area contributed by atoms with Crippen molar-refractivity contribution in [2.24, 2.45) is 4.99 Å². The molecule has 31 heavy (non-hydrogen) atoms. The standard InChI is InChI=1S/C23H24N6O.HI/c1-17-7-9-19(10-8-17)22-28-20(16-30-22)15-26-23(24-2)25-14-18-5-3-6-21(13-18)29-12-4-11-27-29;/h3-13,16H,14-15H2,1-2H3,(H2,24,25,26);1H. The smallest absolute Gasteiger partial charge is 0.226 e. The summed E-state index contributed by atoms with van der Waals surface area (Å²) in [4.78, 5) is 8.84. The summed E-state index contributed by atoms with van der Waals surface area (Å²) in [6.45, 7) is 3.21. The fourth-order valence-corrected chi connectivity index (χ4v) is 3.03. The number of oxazole rings is 1. The van der Waals surface area contributed by atoms with Crippen molar-refractivity contribution in [2.45, 2.75) is 20.0 Å². The zero-order valence-electron chi connectivity index (χ0n) is 17.4. The highest BCUT2D eigenvalue weighted by Crippen LogP contribution is 2.19. The molecule has 7 nitrogen and oxygen atoms in total. The highest BCUT2D eigenvalue weighted by molar-refractivity contribution is 14.0. The summed E-state index contributed by atoms with van der Waals surface area (Å²) >= 11 is 0. The fourth-order valence-electron chi connectivity index (χ4n) is 3.03. The van der Waals surface area contributed by atoms with Crippen molar-refractivity contribution >= 4 is 29.9 Å². The summed E-state index contributed by atoms with van der Waals surface area (Å²) in [6.07, 6.45) is 5.36. The highest BCUT2D eigenvalue weighted by Gasteiger charge is 2.07. The minimum atomic E-state index is 0. The Hall–Kier alpha value is -3.14. The maximum atomic E-state index is 5.61. The first-order chi connectivity index (χ1) is 14.7. The van der Waals surface area contributed by atoms with Gasteiger partial charge in [-0.05, 0) is 42.8 Å². The Balaban J connectivity index is 0.00000272. The van der Waals surface area contributed by atoms with Crippen LogP contribution in [-0.4, -0.2) is 27.8 Å². The Kier molecular flexibility index (Phi) is 7.82. The predicted molar refractivity (Wildman–Crippen MR) is 133 cm³/mol. The molecule has 2 heterocycles. The quantitative estimate of drug-likeness (QED) is 0.222. The molecule has 0 aliphatic rings. The first-order valence-electron chi connectivity index (χ1n) is 9.76. The number of hydrogen-bond donors (Lipinski definition) is 2. The third-order valence-electron chi connectivity index (χ3n) is 4.65. The maximum absolute atomic E-state index is 5.61. The Morgan fingerprint density at radius 1 is 1.06 bits per heavy atom. The molecule has 0 unspecified atom stereocenters. The van der Waals surface area contributed by atoms with Gasteiger partial charge in [-0.2, -0.15) is 5.10 Å². The van der Waals surface area contributed by atoms with E-state index in [4.69, 9.17) is 4.42 Å². The van der Waals surface area contributed by atoms with Crippen LogP contribution in [0, 0.1) is 6.92 Å². The summed E-state index contributed by atoms with van der Waals surface area (Å²) in [5.74, 6) is 1.31. The van der Waals surface area contributed by atoms with E-state index in [0.717, 1.165) is 22.5 Å². The Morgan fingerprint density at radius 3 is 2.61 bits per heavy atom. The van der Waals surface area contributed by atoms with Crippen molar-refractivity contribution in [1.82, 2.24) is 25.4 Å². The molecule has 0 spiro atoms. The number of hydrogen-bond acceptors (Lipinski definition) is 4. The van der Waals surface area contributed by atoms with E-state index in [1.807, 2.05) is 53.3 Å². The van der Waals surface area contributed by atoms with Gasteiger partial charge in [0, 0.05) is 31.5 Å².